The van der Waals surface area contributed by atoms with Crippen molar-refractivity contribution in [3.05, 3.63) is 12.7 Å². The Morgan fingerprint density at radius 2 is 1.78 bits per heavy atom. The number of rotatable bonds is 22. The summed E-state index contributed by atoms with van der Waals surface area (Å²) in [5.41, 5.74) is 0. The second-order valence-corrected chi connectivity index (χ2v) is 11.1. The fourth-order valence-corrected chi connectivity index (χ4v) is 5.14. The number of carbonyl (C=O) groups is 1. The van der Waals surface area contributed by atoms with E-state index in [-0.39, 0.29) is 19.0 Å². The van der Waals surface area contributed by atoms with Crippen LogP contribution in [0.15, 0.2) is 12.7 Å². The molecule has 0 heterocycles. The van der Waals surface area contributed by atoms with E-state index in [1.165, 1.54) is 0 Å². The lowest BCUT2D eigenvalue weighted by molar-refractivity contribution is -0.145. The van der Waals surface area contributed by atoms with E-state index in [4.69, 9.17) is 22.8 Å². The van der Waals surface area contributed by atoms with Crippen LogP contribution in [0.2, 0.25) is 6.04 Å². The normalized spacial score (nSPS) is 13.8. The Hall–Kier alpha value is -0.813. The van der Waals surface area contributed by atoms with E-state index < -0.39 is 14.9 Å². The van der Waals surface area contributed by atoms with Crippen LogP contribution in [-0.2, 0) is 27.5 Å². The van der Waals surface area contributed by atoms with Gasteiger partial charge in [0.15, 0.2) is 0 Å². The molecule has 0 aliphatic carbocycles. The Labute approximate surface area is 196 Å². The summed E-state index contributed by atoms with van der Waals surface area (Å²) in [6, 6.07) is 0.649. The Kier molecular flexibility index (Phi) is 19.1. The molecule has 1 N–H and O–H groups in total. The highest BCUT2D eigenvalue weighted by atomic mass is 28.4. The molecule has 0 aromatic heterocycles. The van der Waals surface area contributed by atoms with Gasteiger partial charge >= 0.3 is 14.8 Å². The van der Waals surface area contributed by atoms with Crippen LogP contribution in [0, 0.1) is 5.92 Å². The maximum Gasteiger partial charge on any atom is 0.500 e. The van der Waals surface area contributed by atoms with Crippen molar-refractivity contribution in [2.45, 2.75) is 64.5 Å². The maximum absolute atomic E-state index is 12.3. The molecule has 9 heteroatoms. The van der Waals surface area contributed by atoms with Crippen molar-refractivity contribution in [1.29, 1.82) is 0 Å². The van der Waals surface area contributed by atoms with E-state index in [0.717, 1.165) is 32.1 Å². The second kappa shape index (κ2) is 19.6. The van der Waals surface area contributed by atoms with Gasteiger partial charge in [-0.05, 0) is 25.3 Å². The van der Waals surface area contributed by atoms with Crippen LogP contribution < -0.4 is 0 Å². The van der Waals surface area contributed by atoms with Crippen molar-refractivity contribution in [3.8, 4) is 0 Å². The van der Waals surface area contributed by atoms with Gasteiger partial charge in [-0.15, -0.1) is 6.58 Å². The second-order valence-electron chi connectivity index (χ2n) is 8.03. The molecule has 2 unspecified atom stereocenters. The topological polar surface area (TPSA) is 86.7 Å². The highest BCUT2D eigenvalue weighted by Crippen LogP contribution is 2.16. The molecule has 0 fully saturated rings. The van der Waals surface area contributed by atoms with E-state index in [1.807, 2.05) is 0 Å². The number of ether oxygens (including phenoxy) is 2. The largest absolute Gasteiger partial charge is 0.500 e. The van der Waals surface area contributed by atoms with Gasteiger partial charge in [-0.3, -0.25) is 4.79 Å². The molecule has 0 saturated carbocycles. The zero-order chi connectivity index (χ0) is 24.2. The monoisotopic (exact) mass is 477 g/mol. The van der Waals surface area contributed by atoms with Gasteiger partial charge in [-0.25, -0.2) is 0 Å². The molecule has 0 aliphatic heterocycles. The summed E-state index contributed by atoms with van der Waals surface area (Å²) in [6.07, 6.45) is 6.45. The first kappa shape index (κ1) is 31.2. The van der Waals surface area contributed by atoms with Gasteiger partial charge in [0, 0.05) is 40.5 Å². The molecular formula is C23H47NO7Si. The van der Waals surface area contributed by atoms with E-state index >= 15 is 0 Å². The smallest absolute Gasteiger partial charge is 0.465 e. The number of aliphatic hydroxyl groups excluding tert-OH is 1. The van der Waals surface area contributed by atoms with Gasteiger partial charge in [0.25, 0.3) is 0 Å². The van der Waals surface area contributed by atoms with Crippen molar-refractivity contribution in [1.82, 2.24) is 4.90 Å². The average molecular weight is 478 g/mol. The van der Waals surface area contributed by atoms with Crippen LogP contribution in [0.25, 0.3) is 0 Å². The van der Waals surface area contributed by atoms with Crippen LogP contribution in [0.4, 0.5) is 0 Å². The minimum absolute atomic E-state index is 0.197. The van der Waals surface area contributed by atoms with Crippen molar-refractivity contribution < 1.29 is 32.7 Å². The lowest BCUT2D eigenvalue weighted by Crippen LogP contribution is -2.44. The number of esters is 1. The SMILES string of the molecule is C=CCOCC(O)CN(CCC[Si](OC)(OC)OC)CCC(=O)OCC(CC)CCCC. The quantitative estimate of drug-likeness (QED) is 0.110. The molecule has 190 valence electrons. The molecule has 0 aliphatic rings. The first-order valence-electron chi connectivity index (χ1n) is 11.8. The molecular weight excluding hydrogens is 430 g/mol. The van der Waals surface area contributed by atoms with Gasteiger partial charge < -0.3 is 32.8 Å². The third-order valence-electron chi connectivity index (χ3n) is 5.56. The molecule has 0 spiro atoms. The number of hydrogen-bond donors (Lipinski definition) is 1. The zero-order valence-electron chi connectivity index (χ0n) is 21.0. The van der Waals surface area contributed by atoms with Gasteiger partial charge in [-0.2, -0.15) is 0 Å². The molecule has 2 atom stereocenters. The summed E-state index contributed by atoms with van der Waals surface area (Å²) in [6.45, 7) is 10.6. The third kappa shape index (κ3) is 14.4. The molecule has 0 rings (SSSR count). The third-order valence-corrected chi connectivity index (χ3v) is 8.39. The lowest BCUT2D eigenvalue weighted by Gasteiger charge is -2.28. The summed E-state index contributed by atoms with van der Waals surface area (Å²) >= 11 is 0. The summed E-state index contributed by atoms with van der Waals surface area (Å²) < 4.78 is 27.3. The summed E-state index contributed by atoms with van der Waals surface area (Å²) in [7, 11) is 2.13. The molecule has 8 nitrogen and oxygen atoms in total. The minimum Gasteiger partial charge on any atom is -0.465 e. The first-order valence-corrected chi connectivity index (χ1v) is 13.7. The molecule has 32 heavy (non-hydrogen) atoms. The van der Waals surface area contributed by atoms with Gasteiger partial charge in [-0.1, -0.05) is 39.2 Å². The number of nitrogens with zero attached hydrogens (tertiary/aromatic N) is 1. The van der Waals surface area contributed by atoms with Crippen molar-refractivity contribution in [3.63, 3.8) is 0 Å². The Morgan fingerprint density at radius 3 is 2.34 bits per heavy atom. The lowest BCUT2D eigenvalue weighted by atomic mass is 10.0. The fraction of sp³-hybridized carbons (Fsp3) is 0.870. The standard InChI is InChI=1S/C23H47NO7Si/c1-7-10-12-21(9-3)19-31-23(26)13-15-24(18-22(25)20-30-16-8-2)14-11-17-32(27-4,28-5)29-6/h8,21-22,25H,2,7,9-20H2,1,3-6H3. The molecule has 0 saturated heterocycles. The van der Waals surface area contributed by atoms with Crippen molar-refractivity contribution in [2.75, 3.05) is 60.8 Å². The Bertz CT molecular complexity index is 469. The fourth-order valence-electron chi connectivity index (χ4n) is 3.44. The Morgan fingerprint density at radius 1 is 1.09 bits per heavy atom. The highest BCUT2D eigenvalue weighted by Gasteiger charge is 2.37. The van der Waals surface area contributed by atoms with Crippen LogP contribution in [-0.4, -0.2) is 91.7 Å². The molecule has 0 amide bonds. The Balaban J connectivity index is 4.68. The predicted octanol–water partition coefficient (Wildman–Crippen LogP) is 3.27. The molecule has 0 radical (unpaired) electrons. The van der Waals surface area contributed by atoms with Gasteiger partial charge in [0.05, 0.1) is 32.3 Å². The van der Waals surface area contributed by atoms with Gasteiger partial charge in [0.1, 0.15) is 0 Å². The van der Waals surface area contributed by atoms with Crippen molar-refractivity contribution >= 4 is 14.8 Å². The number of carbonyl (C=O) groups excluding carboxylic acids is 1. The summed E-state index contributed by atoms with van der Waals surface area (Å²) in [5, 5.41) is 10.3. The number of unbranched alkanes of at least 4 members (excludes halogenated alkanes) is 1. The molecule has 0 aromatic rings. The van der Waals surface area contributed by atoms with Crippen LogP contribution in [0.5, 0.6) is 0 Å². The predicted molar refractivity (Wildman–Crippen MR) is 129 cm³/mol. The molecule has 0 aromatic carbocycles. The van der Waals surface area contributed by atoms with Crippen LogP contribution in [0.1, 0.15) is 52.4 Å². The van der Waals surface area contributed by atoms with Crippen molar-refractivity contribution in [2.24, 2.45) is 5.92 Å². The number of aliphatic hydroxyl groups is 1. The van der Waals surface area contributed by atoms with Crippen LogP contribution >= 0.6 is 0 Å². The van der Waals surface area contributed by atoms with E-state index in [1.54, 1.807) is 27.4 Å². The first-order chi connectivity index (χ1) is 15.4. The maximum atomic E-state index is 12.3. The van der Waals surface area contributed by atoms with E-state index in [0.29, 0.717) is 44.8 Å². The zero-order valence-corrected chi connectivity index (χ0v) is 22.0. The molecule has 0 bridgehead atoms. The minimum atomic E-state index is -2.65. The van der Waals surface area contributed by atoms with E-state index in [9.17, 15) is 9.90 Å². The highest BCUT2D eigenvalue weighted by molar-refractivity contribution is 6.60. The van der Waals surface area contributed by atoms with Crippen LogP contribution in [0.3, 0.4) is 0 Å². The average Bonchev–Trinajstić information content (AvgIpc) is 2.80. The summed E-state index contributed by atoms with van der Waals surface area (Å²) in [5.74, 6) is 0.228. The number of hydrogen-bond acceptors (Lipinski definition) is 8. The van der Waals surface area contributed by atoms with E-state index in [2.05, 4.69) is 25.3 Å². The van der Waals surface area contributed by atoms with Gasteiger partial charge in [0.2, 0.25) is 0 Å². The summed E-state index contributed by atoms with van der Waals surface area (Å²) in [4.78, 5) is 14.4.